The molecule has 1 rings (SSSR count). The van der Waals surface area contributed by atoms with Crippen molar-refractivity contribution in [1.82, 2.24) is 4.90 Å². The van der Waals surface area contributed by atoms with Crippen LogP contribution < -0.4 is 4.74 Å². The molecule has 0 amide bonds. The molecule has 0 aliphatic heterocycles. The summed E-state index contributed by atoms with van der Waals surface area (Å²) in [6.45, 7) is 1.69. The van der Waals surface area contributed by atoms with Gasteiger partial charge < -0.3 is 9.84 Å². The van der Waals surface area contributed by atoms with E-state index < -0.39 is 0 Å². The molecule has 0 fully saturated rings. The Morgan fingerprint density at radius 1 is 1.05 bits per heavy atom. The van der Waals surface area contributed by atoms with Gasteiger partial charge in [0.25, 0.3) is 0 Å². The number of hydrogen-bond acceptors (Lipinski definition) is 3. The molecule has 0 unspecified atom stereocenters. The lowest BCUT2D eigenvalue weighted by Crippen LogP contribution is -2.26. The molecule has 0 aromatic heterocycles. The largest absolute Gasteiger partial charge is 0.503 e. The third kappa shape index (κ3) is 4.85. The lowest BCUT2D eigenvalue weighted by Gasteiger charge is -2.17. The lowest BCUT2D eigenvalue weighted by atomic mass is 10.1. The Balaban J connectivity index is 2.91. The second-order valence-electron chi connectivity index (χ2n) is 4.50. The highest BCUT2D eigenvalue weighted by atomic mass is 16.5. The Morgan fingerprint density at radius 3 is 2.27 bits per heavy atom. The highest BCUT2D eigenvalue weighted by molar-refractivity contribution is 5.55. The van der Waals surface area contributed by atoms with Gasteiger partial charge in [-0.15, -0.1) is 25.7 Å². The quantitative estimate of drug-likeness (QED) is 0.773. The number of benzene rings is 1. The standard InChI is InChI=1S/C19H17NO2/c1-5-10-20(11-6-2)12-9-16-14-17(8-4)19(21)18(15-16)22-13-7-3/h1-4,14-15,21H,9-13H2. The molecule has 1 N–H and O–H groups in total. The lowest BCUT2D eigenvalue weighted by molar-refractivity contribution is 0.338. The van der Waals surface area contributed by atoms with E-state index in [1.165, 1.54) is 0 Å². The minimum atomic E-state index is -0.0781. The predicted molar refractivity (Wildman–Crippen MR) is 88.2 cm³/mol. The van der Waals surface area contributed by atoms with Gasteiger partial charge in [0.05, 0.1) is 18.7 Å². The van der Waals surface area contributed by atoms with Gasteiger partial charge in [0, 0.05) is 6.54 Å². The number of ether oxygens (including phenoxy) is 1. The Bertz CT molecular complexity index is 662. The maximum atomic E-state index is 9.99. The number of phenolic OH excluding ortho intramolecular Hbond substituents is 1. The molecule has 3 heteroatoms. The van der Waals surface area contributed by atoms with Crippen LogP contribution in [0.3, 0.4) is 0 Å². The average Bonchev–Trinajstić information content (AvgIpc) is 2.52. The van der Waals surface area contributed by atoms with Crippen LogP contribution in [0.15, 0.2) is 12.1 Å². The highest BCUT2D eigenvalue weighted by Crippen LogP contribution is 2.31. The van der Waals surface area contributed by atoms with Gasteiger partial charge >= 0.3 is 0 Å². The van der Waals surface area contributed by atoms with Crippen molar-refractivity contribution in [2.24, 2.45) is 0 Å². The molecule has 0 bridgehead atoms. The molecule has 0 aliphatic carbocycles. The second-order valence-corrected chi connectivity index (χ2v) is 4.50. The van der Waals surface area contributed by atoms with Gasteiger partial charge in [-0.3, -0.25) is 4.90 Å². The summed E-state index contributed by atoms with van der Waals surface area (Å²) in [5.74, 6) is 10.1. The molecule has 110 valence electrons. The van der Waals surface area contributed by atoms with Crippen LogP contribution in [0, 0.1) is 49.4 Å². The minimum absolute atomic E-state index is 0.0569. The number of phenols is 1. The van der Waals surface area contributed by atoms with Crippen molar-refractivity contribution in [3.63, 3.8) is 0 Å². The summed E-state index contributed by atoms with van der Waals surface area (Å²) in [6.07, 6.45) is 21.9. The third-order valence-electron chi connectivity index (χ3n) is 2.95. The molecule has 0 atom stereocenters. The van der Waals surface area contributed by atoms with Crippen molar-refractivity contribution in [3.05, 3.63) is 23.3 Å². The summed E-state index contributed by atoms with van der Waals surface area (Å²) in [5.41, 5.74) is 1.28. The van der Waals surface area contributed by atoms with Crippen molar-refractivity contribution < 1.29 is 9.84 Å². The third-order valence-corrected chi connectivity index (χ3v) is 2.95. The summed E-state index contributed by atoms with van der Waals surface area (Å²) in [6, 6.07) is 3.46. The van der Waals surface area contributed by atoms with Crippen molar-refractivity contribution in [2.75, 3.05) is 26.2 Å². The van der Waals surface area contributed by atoms with Gasteiger partial charge in [0.1, 0.15) is 6.61 Å². The summed E-state index contributed by atoms with van der Waals surface area (Å²) in [5, 5.41) is 9.99. The molecule has 22 heavy (non-hydrogen) atoms. The van der Waals surface area contributed by atoms with E-state index in [0.29, 0.717) is 31.6 Å². The first-order chi connectivity index (χ1) is 10.7. The molecule has 0 aliphatic rings. The number of terminal acetylenes is 4. The van der Waals surface area contributed by atoms with E-state index in [-0.39, 0.29) is 18.1 Å². The molecule has 0 saturated carbocycles. The van der Waals surface area contributed by atoms with Crippen molar-refractivity contribution in [2.45, 2.75) is 6.42 Å². The number of hydrogen-bond donors (Lipinski definition) is 1. The molecule has 0 spiro atoms. The number of aromatic hydroxyl groups is 1. The van der Waals surface area contributed by atoms with E-state index >= 15 is 0 Å². The number of nitrogens with zero attached hydrogens (tertiary/aromatic N) is 1. The first-order valence-electron chi connectivity index (χ1n) is 6.64. The summed E-state index contributed by atoms with van der Waals surface area (Å²) in [4.78, 5) is 1.96. The maximum absolute atomic E-state index is 9.99. The van der Waals surface area contributed by atoms with E-state index in [0.717, 1.165) is 5.56 Å². The SMILES string of the molecule is C#CCOc1cc(CCN(CC#C)CC#C)cc(C#C)c1O. The fraction of sp³-hybridized carbons (Fsp3) is 0.263. The van der Waals surface area contributed by atoms with Gasteiger partial charge in [0.2, 0.25) is 0 Å². The highest BCUT2D eigenvalue weighted by Gasteiger charge is 2.11. The van der Waals surface area contributed by atoms with Crippen LogP contribution in [-0.2, 0) is 6.42 Å². The van der Waals surface area contributed by atoms with Crippen LogP contribution in [0.1, 0.15) is 11.1 Å². The van der Waals surface area contributed by atoms with Gasteiger partial charge in [-0.25, -0.2) is 0 Å². The van der Waals surface area contributed by atoms with Crippen LogP contribution in [0.4, 0.5) is 0 Å². The zero-order chi connectivity index (χ0) is 16.4. The minimum Gasteiger partial charge on any atom is -0.503 e. The fourth-order valence-corrected chi connectivity index (χ4v) is 1.91. The zero-order valence-corrected chi connectivity index (χ0v) is 12.3. The second kappa shape index (κ2) is 9.05. The van der Waals surface area contributed by atoms with Crippen LogP contribution in [0.2, 0.25) is 0 Å². The van der Waals surface area contributed by atoms with E-state index in [2.05, 4.69) is 23.7 Å². The Kier molecular flexibility index (Phi) is 7.02. The fourth-order valence-electron chi connectivity index (χ4n) is 1.91. The van der Waals surface area contributed by atoms with Gasteiger partial charge in [-0.05, 0) is 24.1 Å². The zero-order valence-electron chi connectivity index (χ0n) is 12.3. The van der Waals surface area contributed by atoms with Gasteiger partial charge in [-0.1, -0.05) is 23.7 Å². The average molecular weight is 291 g/mol. The predicted octanol–water partition coefficient (Wildman–Crippen LogP) is 1.50. The summed E-state index contributed by atoms with van der Waals surface area (Å²) in [7, 11) is 0. The molecule has 3 nitrogen and oxygen atoms in total. The number of rotatable bonds is 7. The van der Waals surface area contributed by atoms with Crippen molar-refractivity contribution >= 4 is 0 Å². The first-order valence-corrected chi connectivity index (χ1v) is 6.64. The molecule has 0 saturated heterocycles. The van der Waals surface area contributed by atoms with Gasteiger partial charge in [-0.2, -0.15) is 0 Å². The first kappa shape index (κ1) is 17.1. The van der Waals surface area contributed by atoms with Crippen LogP contribution in [-0.4, -0.2) is 36.2 Å². The molecule has 1 aromatic carbocycles. The summed E-state index contributed by atoms with van der Waals surface area (Å²) < 4.78 is 5.31. The van der Waals surface area contributed by atoms with E-state index in [9.17, 15) is 5.11 Å². The Labute approximate surface area is 132 Å². The molecular weight excluding hydrogens is 274 g/mol. The maximum Gasteiger partial charge on any atom is 0.173 e. The monoisotopic (exact) mass is 291 g/mol. The van der Waals surface area contributed by atoms with Crippen LogP contribution in [0.5, 0.6) is 11.5 Å². The van der Waals surface area contributed by atoms with E-state index in [4.69, 9.17) is 30.4 Å². The van der Waals surface area contributed by atoms with Gasteiger partial charge in [0.15, 0.2) is 11.5 Å². The topological polar surface area (TPSA) is 32.7 Å². The Hall–Kier alpha value is -2.98. The van der Waals surface area contributed by atoms with E-state index in [1.807, 2.05) is 4.90 Å². The molecule has 0 heterocycles. The smallest absolute Gasteiger partial charge is 0.173 e. The van der Waals surface area contributed by atoms with E-state index in [1.54, 1.807) is 12.1 Å². The molecule has 1 aromatic rings. The van der Waals surface area contributed by atoms with Crippen LogP contribution in [0.25, 0.3) is 0 Å². The summed E-state index contributed by atoms with van der Waals surface area (Å²) >= 11 is 0. The Morgan fingerprint density at radius 2 is 1.73 bits per heavy atom. The molecule has 0 radical (unpaired) electrons. The van der Waals surface area contributed by atoms with Crippen LogP contribution >= 0.6 is 0 Å². The molecular formula is C19H17NO2. The van der Waals surface area contributed by atoms with Crippen molar-refractivity contribution in [1.29, 1.82) is 0 Å². The normalized spacial score (nSPS) is 9.32. The van der Waals surface area contributed by atoms with Crippen molar-refractivity contribution in [3.8, 4) is 60.9 Å².